The number of phenols is 1. The first-order chi connectivity index (χ1) is 7.66. The maximum atomic E-state index is 9.69. The van der Waals surface area contributed by atoms with Crippen molar-refractivity contribution in [3.8, 4) is 5.75 Å². The largest absolute Gasteiger partial charge is 0.506 e. The first kappa shape index (κ1) is 11.4. The van der Waals surface area contributed by atoms with Crippen molar-refractivity contribution < 1.29 is 5.11 Å². The van der Waals surface area contributed by atoms with Crippen LogP contribution in [0.25, 0.3) is 0 Å². The number of halogens is 2. The Morgan fingerprint density at radius 2 is 2.19 bits per heavy atom. The second kappa shape index (κ2) is 4.86. The van der Waals surface area contributed by atoms with E-state index in [0.717, 1.165) is 11.7 Å². The van der Waals surface area contributed by atoms with Gasteiger partial charge in [0, 0.05) is 17.1 Å². The molecule has 0 fully saturated rings. The van der Waals surface area contributed by atoms with Crippen LogP contribution < -0.4 is 5.32 Å². The number of anilines is 1. The number of aromatic nitrogens is 2. The lowest BCUT2D eigenvalue weighted by Gasteiger charge is -2.07. The van der Waals surface area contributed by atoms with E-state index in [1.165, 1.54) is 6.07 Å². The zero-order valence-electron chi connectivity index (χ0n) is 7.94. The highest BCUT2D eigenvalue weighted by atomic mass is 35.5. The molecule has 16 heavy (non-hydrogen) atoms. The van der Waals surface area contributed by atoms with Gasteiger partial charge in [-0.25, -0.2) is 0 Å². The molecule has 0 bridgehead atoms. The van der Waals surface area contributed by atoms with Gasteiger partial charge in [0.15, 0.2) is 5.82 Å². The topological polar surface area (TPSA) is 58.0 Å². The second-order valence-electron chi connectivity index (χ2n) is 3.04. The predicted octanol–water partition coefficient (Wildman–Crippen LogP) is 3.16. The minimum absolute atomic E-state index is 0.0294. The summed E-state index contributed by atoms with van der Waals surface area (Å²) in [7, 11) is 0. The predicted molar refractivity (Wildman–Crippen MR) is 65.4 cm³/mol. The van der Waals surface area contributed by atoms with Gasteiger partial charge in [-0.1, -0.05) is 23.2 Å². The average Bonchev–Trinajstić information content (AvgIpc) is 2.74. The maximum absolute atomic E-state index is 9.69. The molecule has 4 nitrogen and oxygen atoms in total. The standard InChI is InChI=1S/C9H7Cl2N3OS/c10-6-1-5(9(15)7(11)2-6)3-12-8-4-13-16-14-8/h1-2,4,15H,3H2,(H,12,14). The third-order valence-electron chi connectivity index (χ3n) is 1.93. The van der Waals surface area contributed by atoms with E-state index >= 15 is 0 Å². The van der Waals surface area contributed by atoms with Crippen molar-refractivity contribution in [1.29, 1.82) is 0 Å². The Labute approximate surface area is 106 Å². The van der Waals surface area contributed by atoms with Crippen molar-refractivity contribution in [1.82, 2.24) is 8.75 Å². The molecule has 84 valence electrons. The van der Waals surface area contributed by atoms with E-state index in [1.807, 2.05) is 0 Å². The first-order valence-electron chi connectivity index (χ1n) is 4.35. The minimum atomic E-state index is 0.0294. The number of nitrogens with zero attached hydrogens (tertiary/aromatic N) is 2. The molecule has 0 radical (unpaired) electrons. The fraction of sp³-hybridized carbons (Fsp3) is 0.111. The van der Waals surface area contributed by atoms with Crippen molar-refractivity contribution in [3.63, 3.8) is 0 Å². The Morgan fingerprint density at radius 1 is 1.38 bits per heavy atom. The molecule has 0 saturated carbocycles. The molecule has 0 amide bonds. The summed E-state index contributed by atoms with van der Waals surface area (Å²) in [4.78, 5) is 0. The molecule has 1 heterocycles. The maximum Gasteiger partial charge on any atom is 0.160 e. The van der Waals surface area contributed by atoms with Gasteiger partial charge < -0.3 is 10.4 Å². The highest BCUT2D eigenvalue weighted by molar-refractivity contribution is 6.99. The molecule has 1 aromatic heterocycles. The number of benzene rings is 1. The van der Waals surface area contributed by atoms with Crippen LogP contribution in [0.4, 0.5) is 5.82 Å². The average molecular weight is 276 g/mol. The summed E-state index contributed by atoms with van der Waals surface area (Å²) in [6.07, 6.45) is 1.61. The molecule has 0 unspecified atom stereocenters. The quantitative estimate of drug-likeness (QED) is 0.904. The van der Waals surface area contributed by atoms with Crippen LogP contribution in [0, 0.1) is 0 Å². The van der Waals surface area contributed by atoms with E-state index in [9.17, 15) is 5.11 Å². The third kappa shape index (κ3) is 2.55. The lowest BCUT2D eigenvalue weighted by molar-refractivity contribution is 0.469. The Balaban J connectivity index is 2.15. The van der Waals surface area contributed by atoms with Crippen LogP contribution in [0.15, 0.2) is 18.3 Å². The number of nitrogens with one attached hydrogen (secondary N) is 1. The van der Waals surface area contributed by atoms with Gasteiger partial charge >= 0.3 is 0 Å². The van der Waals surface area contributed by atoms with Crippen molar-refractivity contribution >= 4 is 40.7 Å². The van der Waals surface area contributed by atoms with Crippen molar-refractivity contribution in [2.45, 2.75) is 6.54 Å². The molecule has 0 aliphatic heterocycles. The van der Waals surface area contributed by atoms with Gasteiger partial charge in [0.2, 0.25) is 0 Å². The van der Waals surface area contributed by atoms with Crippen molar-refractivity contribution in [2.75, 3.05) is 5.32 Å². The molecular weight excluding hydrogens is 269 g/mol. The summed E-state index contributed by atoms with van der Waals surface area (Å²) in [5.41, 5.74) is 0.616. The summed E-state index contributed by atoms with van der Waals surface area (Å²) >= 11 is 12.7. The summed E-state index contributed by atoms with van der Waals surface area (Å²) < 4.78 is 7.82. The number of rotatable bonds is 3. The minimum Gasteiger partial charge on any atom is -0.506 e. The van der Waals surface area contributed by atoms with Crippen LogP contribution in [0.5, 0.6) is 5.75 Å². The van der Waals surface area contributed by atoms with E-state index in [1.54, 1.807) is 12.3 Å². The second-order valence-corrected chi connectivity index (χ2v) is 4.44. The van der Waals surface area contributed by atoms with Gasteiger partial charge in [0.25, 0.3) is 0 Å². The monoisotopic (exact) mass is 275 g/mol. The van der Waals surface area contributed by atoms with Crippen LogP contribution in [-0.2, 0) is 6.54 Å². The highest BCUT2D eigenvalue weighted by Gasteiger charge is 2.08. The van der Waals surface area contributed by atoms with Crippen LogP contribution in [0.1, 0.15) is 5.56 Å². The molecule has 0 aliphatic rings. The van der Waals surface area contributed by atoms with E-state index in [4.69, 9.17) is 23.2 Å². The smallest absolute Gasteiger partial charge is 0.160 e. The number of hydrogen-bond acceptors (Lipinski definition) is 5. The Morgan fingerprint density at radius 3 is 2.88 bits per heavy atom. The summed E-state index contributed by atoms with van der Waals surface area (Å²) in [6.45, 7) is 0.386. The van der Waals surface area contributed by atoms with Crippen LogP contribution in [0.3, 0.4) is 0 Å². The number of aromatic hydroxyl groups is 1. The molecule has 2 N–H and O–H groups in total. The number of phenolic OH excluding ortho intramolecular Hbond substituents is 1. The normalized spacial score (nSPS) is 10.4. The Hall–Kier alpha value is -1.04. The van der Waals surface area contributed by atoms with Crippen LogP contribution in [0.2, 0.25) is 10.0 Å². The van der Waals surface area contributed by atoms with E-state index in [-0.39, 0.29) is 10.8 Å². The van der Waals surface area contributed by atoms with E-state index in [2.05, 4.69) is 14.1 Å². The molecule has 0 aliphatic carbocycles. The molecule has 0 saturated heterocycles. The molecule has 0 spiro atoms. The summed E-state index contributed by atoms with van der Waals surface area (Å²) in [6, 6.07) is 3.14. The summed E-state index contributed by atoms with van der Waals surface area (Å²) in [5.74, 6) is 0.683. The van der Waals surface area contributed by atoms with Gasteiger partial charge in [-0.15, -0.1) is 0 Å². The van der Waals surface area contributed by atoms with E-state index in [0.29, 0.717) is 22.9 Å². The fourth-order valence-corrected chi connectivity index (χ4v) is 2.11. The third-order valence-corrected chi connectivity index (χ3v) is 2.91. The lowest BCUT2D eigenvalue weighted by atomic mass is 10.2. The van der Waals surface area contributed by atoms with Gasteiger partial charge in [-0.05, 0) is 12.1 Å². The number of hydrogen-bond donors (Lipinski definition) is 2. The van der Waals surface area contributed by atoms with Gasteiger partial charge in [-0.2, -0.15) is 8.75 Å². The van der Waals surface area contributed by atoms with E-state index < -0.39 is 0 Å². The van der Waals surface area contributed by atoms with Gasteiger partial charge in [-0.3, -0.25) is 0 Å². The first-order valence-corrected chi connectivity index (χ1v) is 5.84. The highest BCUT2D eigenvalue weighted by Crippen LogP contribution is 2.31. The van der Waals surface area contributed by atoms with Gasteiger partial charge in [0.05, 0.1) is 22.9 Å². The molecule has 1 aromatic carbocycles. The molecular formula is C9H7Cl2N3OS. The Bertz CT molecular complexity index is 490. The zero-order valence-corrected chi connectivity index (χ0v) is 10.3. The SMILES string of the molecule is Oc1c(Cl)cc(Cl)cc1CNc1cnsn1. The Kier molecular flexibility index (Phi) is 3.48. The zero-order chi connectivity index (χ0) is 11.5. The van der Waals surface area contributed by atoms with Crippen LogP contribution in [-0.4, -0.2) is 13.9 Å². The molecule has 2 rings (SSSR count). The molecule has 7 heteroatoms. The van der Waals surface area contributed by atoms with Crippen molar-refractivity contribution in [2.24, 2.45) is 0 Å². The molecule has 2 aromatic rings. The van der Waals surface area contributed by atoms with Crippen LogP contribution >= 0.6 is 34.9 Å². The lowest BCUT2D eigenvalue weighted by Crippen LogP contribution is -2.00. The summed E-state index contributed by atoms with van der Waals surface area (Å²) in [5, 5.41) is 13.4. The fourth-order valence-electron chi connectivity index (χ4n) is 1.18. The van der Waals surface area contributed by atoms with Gasteiger partial charge in [0.1, 0.15) is 5.75 Å². The van der Waals surface area contributed by atoms with Crippen molar-refractivity contribution in [3.05, 3.63) is 33.9 Å². The molecule has 0 atom stereocenters.